The quantitative estimate of drug-likeness (QED) is 0.860. The minimum atomic E-state index is 0.0320. The molecule has 0 spiro atoms. The van der Waals surface area contributed by atoms with E-state index in [0.29, 0.717) is 13.2 Å². The highest BCUT2D eigenvalue weighted by molar-refractivity contribution is 5.80. The van der Waals surface area contributed by atoms with Crippen LogP contribution in [0.3, 0.4) is 0 Å². The molecule has 1 aliphatic heterocycles. The van der Waals surface area contributed by atoms with Crippen molar-refractivity contribution in [3.63, 3.8) is 0 Å². The molecule has 3 nitrogen and oxygen atoms in total. The molecule has 2 rings (SSSR count). The number of rotatable bonds is 4. The Hall–Kier alpha value is -1.48. The molecule has 0 amide bonds. The first-order chi connectivity index (χ1) is 9.93. The molecule has 21 heavy (non-hydrogen) atoms. The summed E-state index contributed by atoms with van der Waals surface area (Å²) in [5, 5.41) is 11.6. The fraction of sp³-hybridized carbons (Fsp3) is 0.556. The predicted molar refractivity (Wildman–Crippen MR) is 91.0 cm³/mol. The van der Waals surface area contributed by atoms with Crippen LogP contribution in [0, 0.1) is 0 Å². The van der Waals surface area contributed by atoms with Gasteiger partial charge in [-0.15, -0.1) is 0 Å². The Labute approximate surface area is 129 Å². The molecule has 2 N–H and O–H groups in total. The van der Waals surface area contributed by atoms with E-state index in [1.165, 1.54) is 16.8 Å². The number of allylic oxidation sites excluding steroid dienone is 1. The lowest BCUT2D eigenvalue weighted by Gasteiger charge is -2.31. The third-order valence-corrected chi connectivity index (χ3v) is 3.27. The van der Waals surface area contributed by atoms with Gasteiger partial charge in [-0.2, -0.15) is 0 Å². The van der Waals surface area contributed by atoms with E-state index in [9.17, 15) is 0 Å². The summed E-state index contributed by atoms with van der Waals surface area (Å²) in [5.74, 6) is 0.940. The summed E-state index contributed by atoms with van der Waals surface area (Å²) >= 11 is 0. The number of aliphatic hydroxyl groups is 1. The highest BCUT2D eigenvalue weighted by atomic mass is 16.5. The lowest BCUT2D eigenvalue weighted by Crippen LogP contribution is -2.31. The third kappa shape index (κ3) is 5.43. The van der Waals surface area contributed by atoms with E-state index < -0.39 is 0 Å². The first-order valence-corrected chi connectivity index (χ1v) is 7.79. The Balaban J connectivity index is 0.000000383. The molecule has 0 bridgehead atoms. The summed E-state index contributed by atoms with van der Waals surface area (Å²) < 4.78 is 5.52. The molecule has 1 aliphatic rings. The van der Waals surface area contributed by atoms with Crippen molar-refractivity contribution in [2.24, 2.45) is 0 Å². The lowest BCUT2D eigenvalue weighted by atomic mass is 9.91. The molecular weight excluding hydrogens is 262 g/mol. The third-order valence-electron chi connectivity index (χ3n) is 3.27. The molecule has 118 valence electrons. The molecule has 1 aromatic carbocycles. The van der Waals surface area contributed by atoms with E-state index in [1.807, 2.05) is 13.0 Å². The van der Waals surface area contributed by atoms with Gasteiger partial charge in [0.05, 0.1) is 12.1 Å². The van der Waals surface area contributed by atoms with Crippen molar-refractivity contribution in [3.05, 3.63) is 29.8 Å². The van der Waals surface area contributed by atoms with Gasteiger partial charge in [0.15, 0.2) is 0 Å². The number of nitrogens with one attached hydrogen (secondary N) is 1. The Kier molecular flexibility index (Phi) is 6.76. The van der Waals surface area contributed by atoms with Crippen molar-refractivity contribution in [1.29, 1.82) is 0 Å². The molecule has 0 unspecified atom stereocenters. The molecule has 0 radical (unpaired) electrons. The lowest BCUT2D eigenvalue weighted by molar-refractivity contribution is 0.287. The molecule has 1 aromatic rings. The van der Waals surface area contributed by atoms with Crippen LogP contribution in [0.2, 0.25) is 0 Å². The fourth-order valence-corrected chi connectivity index (χ4v) is 2.38. The molecule has 0 saturated carbocycles. The van der Waals surface area contributed by atoms with Crippen LogP contribution < -0.4 is 10.1 Å². The first-order valence-electron chi connectivity index (χ1n) is 7.79. The summed E-state index contributed by atoms with van der Waals surface area (Å²) in [6, 6.07) is 6.22. The van der Waals surface area contributed by atoms with E-state index in [-0.39, 0.29) is 5.54 Å². The van der Waals surface area contributed by atoms with Crippen molar-refractivity contribution in [2.45, 2.75) is 53.0 Å². The van der Waals surface area contributed by atoms with Gasteiger partial charge in [-0.25, -0.2) is 0 Å². The van der Waals surface area contributed by atoms with Crippen molar-refractivity contribution in [3.8, 4) is 5.75 Å². The van der Waals surface area contributed by atoms with Crippen molar-refractivity contribution < 1.29 is 9.84 Å². The predicted octanol–water partition coefficient (Wildman–Crippen LogP) is 4.47. The molecular formula is C18H29NO2. The van der Waals surface area contributed by atoms with E-state index in [4.69, 9.17) is 9.84 Å². The van der Waals surface area contributed by atoms with Gasteiger partial charge in [-0.05, 0) is 57.9 Å². The SMILES string of the molecule is CCCCO.CCOc1ccc2c(c1)C(C)=CC(C)(C)N2. The van der Waals surface area contributed by atoms with Crippen LogP contribution >= 0.6 is 0 Å². The molecule has 0 saturated heterocycles. The second-order valence-electron chi connectivity index (χ2n) is 5.89. The van der Waals surface area contributed by atoms with Crippen molar-refractivity contribution in [1.82, 2.24) is 0 Å². The molecule has 0 aromatic heterocycles. The second kappa shape index (κ2) is 8.08. The number of anilines is 1. The van der Waals surface area contributed by atoms with Gasteiger partial charge < -0.3 is 15.2 Å². The normalized spacial score (nSPS) is 15.0. The zero-order valence-corrected chi connectivity index (χ0v) is 14.0. The van der Waals surface area contributed by atoms with Crippen LogP contribution in [-0.4, -0.2) is 23.9 Å². The van der Waals surface area contributed by atoms with E-state index in [0.717, 1.165) is 18.6 Å². The topological polar surface area (TPSA) is 41.5 Å². The zero-order chi connectivity index (χ0) is 15.9. The van der Waals surface area contributed by atoms with Crippen LogP contribution in [0.5, 0.6) is 5.75 Å². The van der Waals surface area contributed by atoms with E-state index in [1.54, 1.807) is 0 Å². The summed E-state index contributed by atoms with van der Waals surface area (Å²) in [6.45, 7) is 11.6. The summed E-state index contributed by atoms with van der Waals surface area (Å²) in [7, 11) is 0. The van der Waals surface area contributed by atoms with Gasteiger partial charge in [0, 0.05) is 17.9 Å². The number of hydrogen-bond donors (Lipinski definition) is 2. The number of benzene rings is 1. The summed E-state index contributed by atoms with van der Waals surface area (Å²) in [6.07, 6.45) is 4.29. The van der Waals surface area contributed by atoms with Crippen LogP contribution in [0.15, 0.2) is 24.3 Å². The number of aliphatic hydroxyl groups excluding tert-OH is 1. The Morgan fingerprint density at radius 1 is 1.24 bits per heavy atom. The summed E-state index contributed by atoms with van der Waals surface area (Å²) in [5.41, 5.74) is 3.77. The van der Waals surface area contributed by atoms with Gasteiger partial charge in [0.1, 0.15) is 5.75 Å². The second-order valence-corrected chi connectivity index (χ2v) is 5.89. The van der Waals surface area contributed by atoms with Gasteiger partial charge in [0.2, 0.25) is 0 Å². The monoisotopic (exact) mass is 291 g/mol. The van der Waals surface area contributed by atoms with Crippen LogP contribution in [0.25, 0.3) is 5.57 Å². The largest absolute Gasteiger partial charge is 0.494 e. The number of hydrogen-bond acceptors (Lipinski definition) is 3. The first kappa shape index (κ1) is 17.6. The van der Waals surface area contributed by atoms with Crippen molar-refractivity contribution in [2.75, 3.05) is 18.5 Å². The van der Waals surface area contributed by atoms with Crippen LogP contribution in [0.1, 0.15) is 53.0 Å². The Morgan fingerprint density at radius 3 is 2.48 bits per heavy atom. The van der Waals surface area contributed by atoms with Crippen molar-refractivity contribution >= 4 is 11.3 Å². The number of ether oxygens (including phenoxy) is 1. The zero-order valence-electron chi connectivity index (χ0n) is 14.0. The highest BCUT2D eigenvalue weighted by Gasteiger charge is 2.22. The van der Waals surface area contributed by atoms with Gasteiger partial charge in [-0.3, -0.25) is 0 Å². The maximum absolute atomic E-state index is 8.07. The van der Waals surface area contributed by atoms with Gasteiger partial charge >= 0.3 is 0 Å². The molecule has 3 heteroatoms. The van der Waals surface area contributed by atoms with E-state index >= 15 is 0 Å². The average Bonchev–Trinajstić information content (AvgIpc) is 2.40. The van der Waals surface area contributed by atoms with Gasteiger partial charge in [-0.1, -0.05) is 19.4 Å². The number of unbranched alkanes of at least 4 members (excludes halogenated alkanes) is 1. The fourth-order valence-electron chi connectivity index (χ4n) is 2.38. The number of fused-ring (bicyclic) bond motifs is 1. The summed E-state index contributed by atoms with van der Waals surface area (Å²) in [4.78, 5) is 0. The molecule has 0 atom stereocenters. The Bertz CT molecular complexity index is 476. The minimum absolute atomic E-state index is 0.0320. The van der Waals surface area contributed by atoms with Gasteiger partial charge in [0.25, 0.3) is 0 Å². The minimum Gasteiger partial charge on any atom is -0.494 e. The van der Waals surface area contributed by atoms with Crippen LogP contribution in [0.4, 0.5) is 5.69 Å². The Morgan fingerprint density at radius 2 is 1.95 bits per heavy atom. The van der Waals surface area contributed by atoms with Crippen LogP contribution in [-0.2, 0) is 0 Å². The smallest absolute Gasteiger partial charge is 0.120 e. The molecule has 0 fully saturated rings. The maximum atomic E-state index is 8.07. The molecule has 0 aliphatic carbocycles. The highest BCUT2D eigenvalue weighted by Crippen LogP contribution is 2.35. The molecule has 1 heterocycles. The van der Waals surface area contributed by atoms with E-state index in [2.05, 4.69) is 51.2 Å². The average molecular weight is 291 g/mol. The maximum Gasteiger partial charge on any atom is 0.120 e. The standard InChI is InChI=1S/C14H19NO.C4H10O/c1-5-16-11-6-7-13-12(8-11)10(2)9-14(3,4)15-13;1-2-3-4-5/h6-9,15H,5H2,1-4H3;5H,2-4H2,1H3.